The van der Waals surface area contributed by atoms with Crippen LogP contribution in [0.3, 0.4) is 0 Å². The molecule has 2 aliphatic heterocycles. The van der Waals surface area contributed by atoms with Crippen molar-refractivity contribution in [2.75, 3.05) is 6.61 Å². The summed E-state index contributed by atoms with van der Waals surface area (Å²) in [6.07, 6.45) is 9.46. The second kappa shape index (κ2) is 4.88. The van der Waals surface area contributed by atoms with Crippen LogP contribution in [0.5, 0.6) is 0 Å². The zero-order valence-electron chi connectivity index (χ0n) is 14.4. The highest BCUT2D eigenvalue weighted by molar-refractivity contribution is 5.85. The molecule has 6 heteroatoms. The lowest BCUT2D eigenvalue weighted by molar-refractivity contribution is -0.214. The number of aliphatic hydroxyl groups is 1. The van der Waals surface area contributed by atoms with E-state index in [1.807, 2.05) is 25.2 Å². The first-order valence-corrected chi connectivity index (χ1v) is 8.92. The summed E-state index contributed by atoms with van der Waals surface area (Å²) in [5.74, 6) is -1.19. The van der Waals surface area contributed by atoms with Crippen molar-refractivity contribution in [3.8, 4) is 0 Å². The van der Waals surface area contributed by atoms with Gasteiger partial charge in [-0.15, -0.1) is 0 Å². The van der Waals surface area contributed by atoms with Gasteiger partial charge in [-0.05, 0) is 24.5 Å². The Morgan fingerprint density at radius 2 is 2.12 bits per heavy atom. The van der Waals surface area contributed by atoms with Gasteiger partial charge in [0.25, 0.3) is 0 Å². The van der Waals surface area contributed by atoms with E-state index in [9.17, 15) is 14.7 Å². The maximum atomic E-state index is 12.8. The third-order valence-corrected chi connectivity index (χ3v) is 6.96. The quantitative estimate of drug-likeness (QED) is 0.778. The third kappa shape index (κ3) is 1.70. The van der Waals surface area contributed by atoms with Crippen LogP contribution in [0.25, 0.3) is 0 Å². The SMILES string of the molecule is C[C@]12C[C@H](c3ccoc3)OC(=O)[C@@]1(O)CC[C@@]13COC(=O)[C@@H]1C=CC=C32. The van der Waals surface area contributed by atoms with Crippen LogP contribution in [0.4, 0.5) is 0 Å². The van der Waals surface area contributed by atoms with E-state index in [-0.39, 0.29) is 18.3 Å². The van der Waals surface area contributed by atoms with Crippen LogP contribution in [-0.2, 0) is 19.1 Å². The Bertz CT molecular complexity index is 852. The smallest absolute Gasteiger partial charge is 0.339 e. The fraction of sp³-hybridized carbons (Fsp3) is 0.500. The van der Waals surface area contributed by atoms with Crippen LogP contribution < -0.4 is 0 Å². The number of ether oxygens (including phenoxy) is 2. The molecule has 1 aromatic rings. The number of hydrogen-bond donors (Lipinski definition) is 1. The summed E-state index contributed by atoms with van der Waals surface area (Å²) >= 11 is 0. The Balaban J connectivity index is 1.64. The molecule has 5 atom stereocenters. The van der Waals surface area contributed by atoms with Gasteiger partial charge in [0.05, 0.1) is 18.4 Å². The average Bonchev–Trinajstić information content (AvgIpc) is 3.26. The monoisotopic (exact) mass is 356 g/mol. The van der Waals surface area contributed by atoms with Gasteiger partial charge in [-0.25, -0.2) is 4.79 Å². The molecule has 3 fully saturated rings. The molecule has 1 saturated carbocycles. The Morgan fingerprint density at radius 3 is 2.88 bits per heavy atom. The van der Waals surface area contributed by atoms with Gasteiger partial charge in [0.15, 0.2) is 5.60 Å². The van der Waals surface area contributed by atoms with Crippen molar-refractivity contribution in [3.63, 3.8) is 0 Å². The Labute approximate surface area is 150 Å². The van der Waals surface area contributed by atoms with E-state index < -0.39 is 28.5 Å². The number of rotatable bonds is 1. The number of carbonyl (C=O) groups excluding carboxylic acids is 2. The van der Waals surface area contributed by atoms with Gasteiger partial charge in [-0.1, -0.05) is 25.2 Å². The molecule has 26 heavy (non-hydrogen) atoms. The van der Waals surface area contributed by atoms with Crippen LogP contribution in [0.15, 0.2) is 46.8 Å². The molecular weight excluding hydrogens is 336 g/mol. The first-order chi connectivity index (χ1) is 12.4. The summed E-state index contributed by atoms with van der Waals surface area (Å²) in [6, 6.07) is 1.77. The number of allylic oxidation sites excluding steroid dienone is 2. The second-order valence-corrected chi connectivity index (χ2v) is 8.05. The van der Waals surface area contributed by atoms with Gasteiger partial charge in [0.1, 0.15) is 12.7 Å². The van der Waals surface area contributed by atoms with E-state index >= 15 is 0 Å². The fourth-order valence-electron chi connectivity index (χ4n) is 5.43. The lowest BCUT2D eigenvalue weighted by Crippen LogP contribution is -2.64. The maximum absolute atomic E-state index is 12.8. The maximum Gasteiger partial charge on any atom is 0.339 e. The predicted octanol–water partition coefficient (Wildman–Crippen LogP) is 2.45. The molecule has 136 valence electrons. The Hall–Kier alpha value is -2.34. The fourth-order valence-corrected chi connectivity index (χ4v) is 5.43. The lowest BCUT2D eigenvalue weighted by Gasteiger charge is -2.58. The van der Waals surface area contributed by atoms with Crippen molar-refractivity contribution in [2.45, 2.75) is 37.9 Å². The summed E-state index contributed by atoms with van der Waals surface area (Å²) < 4.78 is 16.1. The molecule has 0 amide bonds. The highest BCUT2D eigenvalue weighted by Gasteiger charge is 2.69. The molecule has 0 unspecified atom stereocenters. The van der Waals surface area contributed by atoms with Crippen molar-refractivity contribution in [1.29, 1.82) is 0 Å². The zero-order chi connectivity index (χ0) is 18.2. The second-order valence-electron chi connectivity index (χ2n) is 8.05. The number of cyclic esters (lactones) is 2. The van der Waals surface area contributed by atoms with Gasteiger partial charge in [0.2, 0.25) is 0 Å². The van der Waals surface area contributed by atoms with E-state index in [1.165, 1.54) is 6.26 Å². The normalized spacial score (nSPS) is 43.7. The van der Waals surface area contributed by atoms with Gasteiger partial charge in [0, 0.05) is 22.8 Å². The third-order valence-electron chi connectivity index (χ3n) is 6.96. The average molecular weight is 356 g/mol. The Kier molecular flexibility index (Phi) is 2.98. The van der Waals surface area contributed by atoms with Crippen LogP contribution in [0.2, 0.25) is 0 Å². The highest BCUT2D eigenvalue weighted by atomic mass is 16.6. The molecule has 4 aliphatic rings. The van der Waals surface area contributed by atoms with E-state index in [1.54, 1.807) is 12.3 Å². The minimum absolute atomic E-state index is 0.231. The van der Waals surface area contributed by atoms with Crippen LogP contribution in [-0.4, -0.2) is 29.3 Å². The summed E-state index contributed by atoms with van der Waals surface area (Å²) in [7, 11) is 0. The van der Waals surface area contributed by atoms with Gasteiger partial charge in [-0.3, -0.25) is 4.79 Å². The largest absolute Gasteiger partial charge is 0.472 e. The van der Waals surface area contributed by atoms with Crippen molar-refractivity contribution in [2.24, 2.45) is 16.7 Å². The topological polar surface area (TPSA) is 86.0 Å². The zero-order valence-corrected chi connectivity index (χ0v) is 14.4. The predicted molar refractivity (Wildman–Crippen MR) is 88.6 cm³/mol. The first-order valence-electron chi connectivity index (χ1n) is 8.92. The number of carbonyl (C=O) groups is 2. The van der Waals surface area contributed by atoms with Crippen molar-refractivity contribution in [1.82, 2.24) is 0 Å². The molecule has 2 saturated heterocycles. The van der Waals surface area contributed by atoms with Crippen LogP contribution in [0.1, 0.15) is 37.9 Å². The molecule has 3 heterocycles. The van der Waals surface area contributed by atoms with Crippen molar-refractivity contribution >= 4 is 11.9 Å². The van der Waals surface area contributed by atoms with Gasteiger partial charge < -0.3 is 19.0 Å². The number of furan rings is 1. The summed E-state index contributed by atoms with van der Waals surface area (Å²) in [5, 5.41) is 11.4. The number of hydrogen-bond acceptors (Lipinski definition) is 6. The molecule has 2 aliphatic carbocycles. The van der Waals surface area contributed by atoms with E-state index in [4.69, 9.17) is 13.9 Å². The number of fused-ring (bicyclic) bond motifs is 2. The van der Waals surface area contributed by atoms with Gasteiger partial charge in [-0.2, -0.15) is 0 Å². The van der Waals surface area contributed by atoms with Crippen molar-refractivity contribution < 1.29 is 28.6 Å². The Morgan fingerprint density at radius 1 is 1.27 bits per heavy atom. The first kappa shape index (κ1) is 15.9. The minimum atomic E-state index is -1.61. The standard InChI is InChI=1S/C20H20O6/c1-18-9-14(12-5-8-24-10-12)26-17(22)20(18,23)7-6-19-11-25-16(21)13(19)3-2-4-15(18)19/h2-5,8,10,13-14,23H,6-7,9,11H2,1H3/t13-,14+,18+,19+,20-/m0/s1. The van der Waals surface area contributed by atoms with Gasteiger partial charge >= 0.3 is 11.9 Å². The molecular formula is C20H20O6. The van der Waals surface area contributed by atoms with E-state index in [2.05, 4.69) is 0 Å². The molecule has 0 aromatic carbocycles. The highest BCUT2D eigenvalue weighted by Crippen LogP contribution is 2.66. The van der Waals surface area contributed by atoms with Crippen LogP contribution >= 0.6 is 0 Å². The summed E-state index contributed by atoms with van der Waals surface area (Å²) in [4.78, 5) is 25.1. The molecule has 1 aromatic heterocycles. The lowest BCUT2D eigenvalue weighted by atomic mass is 9.47. The minimum Gasteiger partial charge on any atom is -0.472 e. The van der Waals surface area contributed by atoms with Crippen molar-refractivity contribution in [3.05, 3.63) is 48.0 Å². The number of esters is 2. The summed E-state index contributed by atoms with van der Waals surface area (Å²) in [6.45, 7) is 2.20. The molecule has 6 nitrogen and oxygen atoms in total. The van der Waals surface area contributed by atoms with Crippen LogP contribution in [0, 0.1) is 16.7 Å². The molecule has 5 rings (SSSR count). The molecule has 1 N–H and O–H groups in total. The van der Waals surface area contributed by atoms with E-state index in [0.717, 1.165) is 11.1 Å². The molecule has 0 radical (unpaired) electrons. The molecule has 0 bridgehead atoms. The summed E-state index contributed by atoms with van der Waals surface area (Å²) in [5.41, 5.74) is -1.25. The molecule has 1 spiro atoms. The van der Waals surface area contributed by atoms with E-state index in [0.29, 0.717) is 19.4 Å².